The fourth-order valence-electron chi connectivity index (χ4n) is 4.34. The number of piperidine rings is 1. The maximum Gasteiger partial charge on any atom is 0.223 e. The molecule has 1 aliphatic carbocycles. The summed E-state index contributed by atoms with van der Waals surface area (Å²) in [7, 11) is 0. The van der Waals surface area contributed by atoms with Gasteiger partial charge >= 0.3 is 0 Å². The summed E-state index contributed by atoms with van der Waals surface area (Å²) in [6, 6.07) is 4.35. The molecule has 5 rings (SSSR count). The first kappa shape index (κ1) is 17.2. The molecule has 2 aromatic rings. The Labute approximate surface area is 164 Å². The molecule has 0 spiro atoms. The standard InChI is InChI=1S/C21H26N4OS/c26-21(25-9-5-19-17(13-25)6-10-27-19)11-15-3-7-24(8-4-15)20-12-18(16-1-2-16)22-14-23-20/h6,10,12,14-16H,1-5,7-9,11,13H2. The number of hydrogen-bond donors (Lipinski definition) is 0. The molecule has 4 heterocycles. The van der Waals surface area contributed by atoms with Gasteiger partial charge in [0, 0.05) is 55.2 Å². The number of rotatable bonds is 4. The van der Waals surface area contributed by atoms with Crippen molar-refractivity contribution < 1.29 is 4.79 Å². The minimum Gasteiger partial charge on any atom is -0.356 e. The van der Waals surface area contributed by atoms with Gasteiger partial charge in [-0.1, -0.05) is 0 Å². The highest BCUT2D eigenvalue weighted by molar-refractivity contribution is 7.10. The largest absolute Gasteiger partial charge is 0.356 e. The summed E-state index contributed by atoms with van der Waals surface area (Å²) < 4.78 is 0. The van der Waals surface area contributed by atoms with Gasteiger partial charge in [0.25, 0.3) is 0 Å². The van der Waals surface area contributed by atoms with Crippen molar-refractivity contribution in [2.45, 2.75) is 51.0 Å². The van der Waals surface area contributed by atoms with E-state index in [0.717, 1.165) is 51.3 Å². The molecule has 1 saturated heterocycles. The lowest BCUT2D eigenvalue weighted by molar-refractivity contribution is -0.133. The topological polar surface area (TPSA) is 49.3 Å². The predicted octanol–water partition coefficient (Wildman–Crippen LogP) is 3.61. The molecule has 2 aliphatic heterocycles. The third-order valence-corrected chi connectivity index (χ3v) is 7.25. The average Bonchev–Trinajstić information content (AvgIpc) is 3.46. The Morgan fingerprint density at radius 2 is 2.00 bits per heavy atom. The Morgan fingerprint density at radius 1 is 1.15 bits per heavy atom. The molecular formula is C21H26N4OS. The summed E-state index contributed by atoms with van der Waals surface area (Å²) in [5, 5.41) is 2.15. The lowest BCUT2D eigenvalue weighted by Gasteiger charge is -2.34. The Hall–Kier alpha value is -1.95. The third kappa shape index (κ3) is 3.72. The second-order valence-corrected chi connectivity index (χ2v) is 9.14. The lowest BCUT2D eigenvalue weighted by Crippen LogP contribution is -2.39. The van der Waals surface area contributed by atoms with E-state index in [1.54, 1.807) is 6.33 Å². The van der Waals surface area contributed by atoms with Crippen molar-refractivity contribution in [1.82, 2.24) is 14.9 Å². The zero-order valence-electron chi connectivity index (χ0n) is 15.6. The summed E-state index contributed by atoms with van der Waals surface area (Å²) in [5.74, 6) is 2.57. The van der Waals surface area contributed by atoms with Crippen LogP contribution in [0.15, 0.2) is 23.8 Å². The molecule has 2 fully saturated rings. The maximum atomic E-state index is 12.8. The fraction of sp³-hybridized carbons (Fsp3) is 0.571. The molecule has 0 N–H and O–H groups in total. The summed E-state index contributed by atoms with van der Waals surface area (Å²) in [5.41, 5.74) is 2.56. The van der Waals surface area contributed by atoms with Crippen LogP contribution in [0.3, 0.4) is 0 Å². The van der Waals surface area contributed by atoms with Gasteiger partial charge in [0.05, 0.1) is 0 Å². The molecule has 1 saturated carbocycles. The van der Waals surface area contributed by atoms with E-state index >= 15 is 0 Å². The van der Waals surface area contributed by atoms with E-state index in [1.807, 2.05) is 11.3 Å². The zero-order valence-corrected chi connectivity index (χ0v) is 16.5. The van der Waals surface area contributed by atoms with Gasteiger partial charge in [-0.3, -0.25) is 4.79 Å². The number of anilines is 1. The van der Waals surface area contributed by atoms with Crippen molar-refractivity contribution in [3.05, 3.63) is 40.0 Å². The van der Waals surface area contributed by atoms with Gasteiger partial charge in [-0.25, -0.2) is 9.97 Å². The van der Waals surface area contributed by atoms with Crippen LogP contribution in [0.4, 0.5) is 5.82 Å². The Balaban J connectivity index is 1.14. The van der Waals surface area contributed by atoms with Crippen molar-refractivity contribution in [3.8, 4) is 0 Å². The van der Waals surface area contributed by atoms with Crippen molar-refractivity contribution in [2.24, 2.45) is 5.92 Å². The van der Waals surface area contributed by atoms with E-state index < -0.39 is 0 Å². The molecule has 0 unspecified atom stereocenters. The highest BCUT2D eigenvalue weighted by Crippen LogP contribution is 2.39. The zero-order chi connectivity index (χ0) is 18.2. The molecule has 0 aromatic carbocycles. The molecule has 0 radical (unpaired) electrons. The number of hydrogen-bond acceptors (Lipinski definition) is 5. The molecule has 142 valence electrons. The van der Waals surface area contributed by atoms with E-state index in [1.165, 1.54) is 29.0 Å². The van der Waals surface area contributed by atoms with Crippen LogP contribution in [0.2, 0.25) is 0 Å². The molecule has 2 aromatic heterocycles. The quantitative estimate of drug-likeness (QED) is 0.811. The molecule has 6 heteroatoms. The molecule has 3 aliphatic rings. The van der Waals surface area contributed by atoms with Gasteiger partial charge in [-0.05, 0) is 55.0 Å². The molecule has 5 nitrogen and oxygen atoms in total. The van der Waals surface area contributed by atoms with Gasteiger partial charge in [-0.15, -0.1) is 11.3 Å². The number of carbonyl (C=O) groups is 1. The van der Waals surface area contributed by atoms with Gasteiger partial charge in [0.1, 0.15) is 12.1 Å². The first-order valence-electron chi connectivity index (χ1n) is 10.2. The van der Waals surface area contributed by atoms with E-state index in [9.17, 15) is 4.79 Å². The molecule has 1 amide bonds. The number of carbonyl (C=O) groups excluding carboxylic acids is 1. The van der Waals surface area contributed by atoms with Crippen LogP contribution in [-0.2, 0) is 17.8 Å². The molecule has 27 heavy (non-hydrogen) atoms. The minimum atomic E-state index is 0.336. The Bertz CT molecular complexity index is 823. The van der Waals surface area contributed by atoms with Crippen LogP contribution in [-0.4, -0.2) is 40.4 Å². The number of nitrogens with zero attached hydrogens (tertiary/aromatic N) is 4. The smallest absolute Gasteiger partial charge is 0.223 e. The number of aromatic nitrogens is 2. The van der Waals surface area contributed by atoms with Gasteiger partial charge < -0.3 is 9.80 Å². The van der Waals surface area contributed by atoms with Gasteiger partial charge in [-0.2, -0.15) is 0 Å². The second-order valence-electron chi connectivity index (χ2n) is 8.14. The Kier molecular flexibility index (Phi) is 4.60. The average molecular weight is 383 g/mol. The van der Waals surface area contributed by atoms with Crippen LogP contribution < -0.4 is 4.90 Å². The normalized spacial score (nSPS) is 20.6. The lowest BCUT2D eigenvalue weighted by atomic mass is 9.92. The van der Waals surface area contributed by atoms with Crippen LogP contribution in [0.5, 0.6) is 0 Å². The van der Waals surface area contributed by atoms with Gasteiger partial charge in [0.15, 0.2) is 0 Å². The van der Waals surface area contributed by atoms with Crippen LogP contribution in [0.1, 0.15) is 54.2 Å². The van der Waals surface area contributed by atoms with Crippen molar-refractivity contribution in [3.63, 3.8) is 0 Å². The molecule has 0 bridgehead atoms. The van der Waals surface area contributed by atoms with E-state index in [4.69, 9.17) is 0 Å². The molecular weight excluding hydrogens is 356 g/mol. The fourth-order valence-corrected chi connectivity index (χ4v) is 5.23. The minimum absolute atomic E-state index is 0.336. The summed E-state index contributed by atoms with van der Waals surface area (Å²) in [6.45, 7) is 3.68. The maximum absolute atomic E-state index is 12.8. The highest BCUT2D eigenvalue weighted by atomic mass is 32.1. The third-order valence-electron chi connectivity index (χ3n) is 6.23. The first-order chi connectivity index (χ1) is 13.3. The number of amides is 1. The highest BCUT2D eigenvalue weighted by Gasteiger charge is 2.28. The number of thiophene rings is 1. The van der Waals surface area contributed by atoms with E-state index in [0.29, 0.717) is 24.2 Å². The van der Waals surface area contributed by atoms with Gasteiger partial charge in [0.2, 0.25) is 5.91 Å². The molecule has 0 atom stereocenters. The Morgan fingerprint density at radius 3 is 2.81 bits per heavy atom. The summed E-state index contributed by atoms with van der Waals surface area (Å²) in [6.07, 6.45) is 8.12. The van der Waals surface area contributed by atoms with Crippen LogP contribution in [0.25, 0.3) is 0 Å². The van der Waals surface area contributed by atoms with Crippen LogP contribution >= 0.6 is 11.3 Å². The monoisotopic (exact) mass is 382 g/mol. The van der Waals surface area contributed by atoms with Crippen molar-refractivity contribution in [2.75, 3.05) is 24.5 Å². The first-order valence-corrected chi connectivity index (χ1v) is 11.0. The summed E-state index contributed by atoms with van der Waals surface area (Å²) >= 11 is 1.83. The van der Waals surface area contributed by atoms with Crippen molar-refractivity contribution in [1.29, 1.82) is 0 Å². The van der Waals surface area contributed by atoms with Crippen molar-refractivity contribution >= 4 is 23.1 Å². The predicted molar refractivity (Wildman–Crippen MR) is 107 cm³/mol. The SMILES string of the molecule is O=C(CC1CCN(c2cc(C3CC3)ncn2)CC1)N1CCc2sccc2C1. The second kappa shape index (κ2) is 7.23. The summed E-state index contributed by atoms with van der Waals surface area (Å²) in [4.78, 5) is 27.6. The number of fused-ring (bicyclic) bond motifs is 1. The van der Waals surface area contributed by atoms with Crippen LogP contribution in [0, 0.1) is 5.92 Å². The van der Waals surface area contributed by atoms with E-state index in [-0.39, 0.29) is 0 Å². The van der Waals surface area contributed by atoms with E-state index in [2.05, 4.69) is 37.3 Å².